The Morgan fingerprint density at radius 2 is 2.00 bits per heavy atom. The fraction of sp³-hybridized carbons (Fsp3) is 0.500. The summed E-state index contributed by atoms with van der Waals surface area (Å²) in [6, 6.07) is 2.13. The first-order valence-corrected chi connectivity index (χ1v) is 5.75. The first kappa shape index (κ1) is 15.9. The molecule has 2 atom stereocenters. The van der Waals surface area contributed by atoms with Crippen molar-refractivity contribution in [2.45, 2.75) is 32.2 Å². The largest absolute Gasteiger partial charge is 0.419 e. The molecule has 0 aliphatic carbocycles. The lowest BCUT2D eigenvalue weighted by molar-refractivity contribution is -0.140. The van der Waals surface area contributed by atoms with Gasteiger partial charge in [0, 0.05) is 6.61 Å². The Morgan fingerprint density at radius 1 is 1.37 bits per heavy atom. The van der Waals surface area contributed by atoms with Crippen molar-refractivity contribution in [2.75, 3.05) is 6.61 Å². The molecule has 2 unspecified atom stereocenters. The average Bonchev–Trinajstić information content (AvgIpc) is 2.31. The summed E-state index contributed by atoms with van der Waals surface area (Å²) in [4.78, 5) is 0. The maximum Gasteiger partial charge on any atom is 0.419 e. The van der Waals surface area contributed by atoms with E-state index in [1.165, 1.54) is 6.07 Å². The minimum Gasteiger partial charge on any atom is -0.377 e. The predicted octanol–water partition coefficient (Wildman–Crippen LogP) is 2.77. The summed E-state index contributed by atoms with van der Waals surface area (Å²) < 4.78 is 56.3. The second kappa shape index (κ2) is 6.31. The van der Waals surface area contributed by atoms with E-state index in [-0.39, 0.29) is 5.56 Å². The molecule has 19 heavy (non-hydrogen) atoms. The number of benzene rings is 1. The lowest BCUT2D eigenvalue weighted by Gasteiger charge is -2.24. The number of halogens is 4. The molecule has 0 heterocycles. The minimum absolute atomic E-state index is 0.220. The lowest BCUT2D eigenvalue weighted by Crippen LogP contribution is -2.36. The van der Waals surface area contributed by atoms with E-state index >= 15 is 0 Å². The highest BCUT2D eigenvalue weighted by Gasteiger charge is 2.35. The van der Waals surface area contributed by atoms with Crippen LogP contribution < -0.4 is 11.3 Å². The third kappa shape index (κ3) is 3.89. The molecule has 1 aromatic carbocycles. The third-order valence-electron chi connectivity index (χ3n) is 2.73. The summed E-state index contributed by atoms with van der Waals surface area (Å²) in [6.07, 6.45) is -5.18. The first-order chi connectivity index (χ1) is 8.81. The second-order valence-electron chi connectivity index (χ2n) is 4.04. The molecule has 108 valence electrons. The number of ether oxygens (including phenoxy) is 1. The fourth-order valence-corrected chi connectivity index (χ4v) is 1.82. The molecule has 7 heteroatoms. The Balaban J connectivity index is 3.12. The van der Waals surface area contributed by atoms with E-state index in [0.717, 1.165) is 12.1 Å². The zero-order valence-electron chi connectivity index (χ0n) is 10.6. The molecule has 0 aromatic heterocycles. The molecule has 0 saturated carbocycles. The second-order valence-corrected chi connectivity index (χ2v) is 4.04. The van der Waals surface area contributed by atoms with E-state index < -0.39 is 29.7 Å². The highest BCUT2D eigenvalue weighted by Crippen LogP contribution is 2.33. The Morgan fingerprint density at radius 3 is 2.47 bits per heavy atom. The van der Waals surface area contributed by atoms with Gasteiger partial charge in [0.25, 0.3) is 0 Å². The molecule has 3 nitrogen and oxygen atoms in total. The van der Waals surface area contributed by atoms with E-state index in [9.17, 15) is 17.6 Å². The van der Waals surface area contributed by atoms with E-state index in [0.29, 0.717) is 6.61 Å². The zero-order valence-corrected chi connectivity index (χ0v) is 10.6. The van der Waals surface area contributed by atoms with Crippen molar-refractivity contribution in [1.29, 1.82) is 0 Å². The molecule has 0 aliphatic rings. The smallest absolute Gasteiger partial charge is 0.377 e. The van der Waals surface area contributed by atoms with Gasteiger partial charge in [-0.15, -0.1) is 0 Å². The van der Waals surface area contributed by atoms with Gasteiger partial charge in [0.2, 0.25) is 0 Å². The summed E-state index contributed by atoms with van der Waals surface area (Å²) in [5, 5.41) is 0. The maximum atomic E-state index is 13.2. The molecule has 0 radical (unpaired) electrons. The van der Waals surface area contributed by atoms with Gasteiger partial charge in [0.1, 0.15) is 5.82 Å². The highest BCUT2D eigenvalue weighted by molar-refractivity contribution is 5.30. The number of hydrazine groups is 1. The van der Waals surface area contributed by atoms with Gasteiger partial charge in [0.15, 0.2) is 0 Å². The van der Waals surface area contributed by atoms with Gasteiger partial charge in [-0.05, 0) is 31.5 Å². The lowest BCUT2D eigenvalue weighted by atomic mass is 10.00. The standard InChI is InChI=1S/C12H16F4N2O/c1-3-19-7(2)11(18-17)8-4-5-10(13)9(6-8)12(14,15)16/h4-7,11,18H,3,17H2,1-2H3. The van der Waals surface area contributed by atoms with Crippen molar-refractivity contribution in [1.82, 2.24) is 5.43 Å². The summed E-state index contributed by atoms with van der Waals surface area (Å²) in [5.41, 5.74) is 1.29. The predicted molar refractivity (Wildman–Crippen MR) is 62.6 cm³/mol. The van der Waals surface area contributed by atoms with Gasteiger partial charge in [-0.25, -0.2) is 4.39 Å². The molecule has 1 aromatic rings. The minimum atomic E-state index is -4.74. The van der Waals surface area contributed by atoms with Crippen molar-refractivity contribution in [3.05, 3.63) is 35.1 Å². The number of rotatable bonds is 5. The Hall–Kier alpha value is -1.18. The Labute approximate surface area is 108 Å². The Kier molecular flexibility index (Phi) is 5.28. The van der Waals surface area contributed by atoms with Gasteiger partial charge in [0.05, 0.1) is 17.7 Å². The van der Waals surface area contributed by atoms with Crippen LogP contribution >= 0.6 is 0 Å². The van der Waals surface area contributed by atoms with Crippen molar-refractivity contribution >= 4 is 0 Å². The van der Waals surface area contributed by atoms with Crippen LogP contribution in [0.5, 0.6) is 0 Å². The van der Waals surface area contributed by atoms with Crippen LogP contribution in [-0.4, -0.2) is 12.7 Å². The van der Waals surface area contributed by atoms with Crippen molar-refractivity contribution in [3.8, 4) is 0 Å². The van der Waals surface area contributed by atoms with Crippen molar-refractivity contribution in [2.24, 2.45) is 5.84 Å². The van der Waals surface area contributed by atoms with Crippen LogP contribution in [0.1, 0.15) is 31.0 Å². The molecule has 3 N–H and O–H groups in total. The maximum absolute atomic E-state index is 13.2. The van der Waals surface area contributed by atoms with Crippen LogP contribution in [0.2, 0.25) is 0 Å². The SMILES string of the molecule is CCOC(C)C(NN)c1ccc(F)c(C(F)(F)F)c1. The van der Waals surface area contributed by atoms with E-state index in [4.69, 9.17) is 10.6 Å². The molecule has 1 rings (SSSR count). The number of alkyl halides is 3. The Bertz CT molecular complexity index is 423. The van der Waals surface area contributed by atoms with E-state index in [1.54, 1.807) is 13.8 Å². The quantitative estimate of drug-likeness (QED) is 0.495. The topological polar surface area (TPSA) is 47.3 Å². The van der Waals surface area contributed by atoms with Gasteiger partial charge >= 0.3 is 6.18 Å². The molecule has 0 aliphatic heterocycles. The summed E-state index contributed by atoms with van der Waals surface area (Å²) >= 11 is 0. The average molecular weight is 280 g/mol. The van der Waals surface area contributed by atoms with Crippen molar-refractivity contribution < 1.29 is 22.3 Å². The molecule has 0 fully saturated rings. The normalized spacial score (nSPS) is 15.3. The number of nitrogens with one attached hydrogen (secondary N) is 1. The van der Waals surface area contributed by atoms with Crippen LogP contribution in [-0.2, 0) is 10.9 Å². The van der Waals surface area contributed by atoms with E-state index in [1.807, 2.05) is 0 Å². The molecule has 0 spiro atoms. The van der Waals surface area contributed by atoms with E-state index in [2.05, 4.69) is 5.43 Å². The molecule has 0 bridgehead atoms. The van der Waals surface area contributed by atoms with Crippen LogP contribution in [0.3, 0.4) is 0 Å². The summed E-state index contributed by atoms with van der Waals surface area (Å²) in [7, 11) is 0. The highest BCUT2D eigenvalue weighted by atomic mass is 19.4. The number of hydrogen-bond acceptors (Lipinski definition) is 3. The molecular formula is C12H16F4N2O. The van der Waals surface area contributed by atoms with Gasteiger partial charge in [-0.1, -0.05) is 6.07 Å². The summed E-state index contributed by atoms with van der Waals surface area (Å²) in [5.74, 6) is 4.02. The fourth-order valence-electron chi connectivity index (χ4n) is 1.82. The number of nitrogens with two attached hydrogens (primary N) is 1. The number of hydrogen-bond donors (Lipinski definition) is 2. The van der Waals surface area contributed by atoms with Crippen LogP contribution in [0.15, 0.2) is 18.2 Å². The van der Waals surface area contributed by atoms with Gasteiger partial charge in [-0.3, -0.25) is 11.3 Å². The molecular weight excluding hydrogens is 264 g/mol. The van der Waals surface area contributed by atoms with Crippen molar-refractivity contribution in [3.63, 3.8) is 0 Å². The van der Waals surface area contributed by atoms with Crippen LogP contribution in [0, 0.1) is 5.82 Å². The third-order valence-corrected chi connectivity index (χ3v) is 2.73. The van der Waals surface area contributed by atoms with Crippen LogP contribution in [0.4, 0.5) is 17.6 Å². The monoisotopic (exact) mass is 280 g/mol. The summed E-state index contributed by atoms with van der Waals surface area (Å²) in [6.45, 7) is 3.83. The van der Waals surface area contributed by atoms with Gasteiger partial charge < -0.3 is 4.74 Å². The first-order valence-electron chi connectivity index (χ1n) is 5.75. The molecule has 0 saturated heterocycles. The van der Waals surface area contributed by atoms with Gasteiger partial charge in [-0.2, -0.15) is 13.2 Å². The molecule has 0 amide bonds. The van der Waals surface area contributed by atoms with Crippen LogP contribution in [0.25, 0.3) is 0 Å². The zero-order chi connectivity index (χ0) is 14.6.